The number of aryl methyl sites for hydroxylation is 3. The van der Waals surface area contributed by atoms with E-state index in [1.54, 1.807) is 14.0 Å². The number of thiazole rings is 1. The van der Waals surface area contributed by atoms with Gasteiger partial charge < -0.3 is 5.32 Å². The quantitative estimate of drug-likeness (QED) is 0.653. The van der Waals surface area contributed by atoms with Crippen molar-refractivity contribution in [2.24, 2.45) is 7.05 Å². The third-order valence-electron chi connectivity index (χ3n) is 5.90. The molecule has 8 heteroatoms. The van der Waals surface area contributed by atoms with Gasteiger partial charge in [-0.3, -0.25) is 9.59 Å². The van der Waals surface area contributed by atoms with Crippen molar-refractivity contribution in [2.45, 2.75) is 45.6 Å². The summed E-state index contributed by atoms with van der Waals surface area (Å²) in [7, 11) is 1.62. The summed E-state index contributed by atoms with van der Waals surface area (Å²) in [6.07, 6.45) is 2.82. The maximum atomic E-state index is 13.2. The SMILES string of the molecule is Cc1nc(-c2c(C)c(C)nn(C)c2=O)sc1C(=O)NC1(c2ccc(Cl)cc2)CCC1. The molecule has 0 spiro atoms. The fraction of sp³-hybridized carbons (Fsp3) is 0.364. The first-order valence-corrected chi connectivity index (χ1v) is 11.0. The maximum absolute atomic E-state index is 13.2. The molecule has 156 valence electrons. The van der Waals surface area contributed by atoms with Crippen molar-refractivity contribution < 1.29 is 4.79 Å². The summed E-state index contributed by atoms with van der Waals surface area (Å²) in [5.74, 6) is -0.161. The van der Waals surface area contributed by atoms with Crippen LogP contribution in [0.25, 0.3) is 10.6 Å². The van der Waals surface area contributed by atoms with Crippen molar-refractivity contribution in [3.63, 3.8) is 0 Å². The van der Waals surface area contributed by atoms with Crippen molar-refractivity contribution in [1.82, 2.24) is 20.1 Å². The summed E-state index contributed by atoms with van der Waals surface area (Å²) in [4.78, 5) is 31.0. The summed E-state index contributed by atoms with van der Waals surface area (Å²) in [5, 5.41) is 8.68. The molecule has 1 amide bonds. The zero-order chi connectivity index (χ0) is 21.6. The van der Waals surface area contributed by atoms with Crippen LogP contribution in [0.2, 0.25) is 5.02 Å². The van der Waals surface area contributed by atoms with Crippen molar-refractivity contribution in [3.05, 3.63) is 67.0 Å². The van der Waals surface area contributed by atoms with Gasteiger partial charge >= 0.3 is 0 Å². The molecule has 0 unspecified atom stereocenters. The fourth-order valence-electron chi connectivity index (χ4n) is 3.87. The molecule has 0 aliphatic heterocycles. The van der Waals surface area contributed by atoms with E-state index in [0.717, 1.165) is 36.1 Å². The van der Waals surface area contributed by atoms with E-state index >= 15 is 0 Å². The van der Waals surface area contributed by atoms with E-state index in [1.165, 1.54) is 16.0 Å². The Hall–Kier alpha value is -2.51. The van der Waals surface area contributed by atoms with Gasteiger partial charge in [-0.2, -0.15) is 5.10 Å². The molecule has 1 aliphatic rings. The highest BCUT2D eigenvalue weighted by Gasteiger charge is 2.40. The molecule has 2 aromatic heterocycles. The minimum absolute atomic E-state index is 0.161. The number of rotatable bonds is 4. The molecule has 3 aromatic rings. The minimum atomic E-state index is -0.377. The first-order valence-electron chi connectivity index (χ1n) is 9.83. The number of benzene rings is 1. The topological polar surface area (TPSA) is 76.9 Å². The number of halogens is 1. The highest BCUT2D eigenvalue weighted by atomic mass is 35.5. The molecule has 1 aromatic carbocycles. The summed E-state index contributed by atoms with van der Waals surface area (Å²) in [6.45, 7) is 5.52. The molecule has 0 bridgehead atoms. The van der Waals surface area contributed by atoms with Gasteiger partial charge in [0.05, 0.1) is 22.5 Å². The van der Waals surface area contributed by atoms with Gasteiger partial charge in [-0.15, -0.1) is 11.3 Å². The number of hydrogen-bond acceptors (Lipinski definition) is 5. The minimum Gasteiger partial charge on any atom is -0.342 e. The van der Waals surface area contributed by atoms with Crippen LogP contribution in [0, 0.1) is 20.8 Å². The van der Waals surface area contributed by atoms with Crippen molar-refractivity contribution in [2.75, 3.05) is 0 Å². The van der Waals surface area contributed by atoms with E-state index in [-0.39, 0.29) is 17.0 Å². The third-order valence-corrected chi connectivity index (χ3v) is 7.32. The van der Waals surface area contributed by atoms with Crippen LogP contribution in [0.5, 0.6) is 0 Å². The summed E-state index contributed by atoms with van der Waals surface area (Å²) >= 11 is 7.28. The van der Waals surface area contributed by atoms with Crippen molar-refractivity contribution in [1.29, 1.82) is 0 Å². The lowest BCUT2D eigenvalue weighted by atomic mass is 9.71. The van der Waals surface area contributed by atoms with Gasteiger partial charge in [-0.1, -0.05) is 23.7 Å². The second-order valence-electron chi connectivity index (χ2n) is 7.84. The standard InChI is InChI=1S/C22H23ClN4O2S/c1-12-13(2)26-27(4)21(29)17(12)20-24-14(3)18(30-20)19(28)25-22(10-5-11-22)15-6-8-16(23)9-7-15/h6-9H,5,10-11H2,1-4H3,(H,25,28). The van der Waals surface area contributed by atoms with Crippen LogP contribution in [0.1, 0.15) is 51.4 Å². The molecule has 0 saturated heterocycles. The number of aromatic nitrogens is 3. The van der Waals surface area contributed by atoms with Crippen molar-refractivity contribution in [3.8, 4) is 10.6 Å². The van der Waals surface area contributed by atoms with E-state index < -0.39 is 0 Å². The maximum Gasteiger partial charge on any atom is 0.277 e. The van der Waals surface area contributed by atoms with Gasteiger partial charge in [0.1, 0.15) is 9.88 Å². The second-order valence-corrected chi connectivity index (χ2v) is 9.28. The number of amides is 1. The molecule has 1 fully saturated rings. The smallest absolute Gasteiger partial charge is 0.277 e. The van der Waals surface area contributed by atoms with Crippen LogP contribution in [0.15, 0.2) is 29.1 Å². The number of carbonyl (C=O) groups excluding carboxylic acids is 1. The number of hydrogen-bond donors (Lipinski definition) is 1. The second kappa shape index (κ2) is 7.63. The predicted molar refractivity (Wildman–Crippen MR) is 119 cm³/mol. The van der Waals surface area contributed by atoms with E-state index in [0.29, 0.717) is 26.2 Å². The Bertz CT molecular complexity index is 1190. The number of nitrogens with one attached hydrogen (secondary N) is 1. The molecule has 6 nitrogen and oxygen atoms in total. The van der Waals surface area contributed by atoms with Crippen LogP contribution in [-0.4, -0.2) is 20.7 Å². The van der Waals surface area contributed by atoms with E-state index in [9.17, 15) is 9.59 Å². The summed E-state index contributed by atoms with van der Waals surface area (Å²) in [6, 6.07) is 7.64. The van der Waals surface area contributed by atoms with Gasteiger partial charge in [0.15, 0.2) is 0 Å². The molecule has 30 heavy (non-hydrogen) atoms. The van der Waals surface area contributed by atoms with Crippen molar-refractivity contribution >= 4 is 28.8 Å². The normalized spacial score (nSPS) is 15.0. The monoisotopic (exact) mass is 442 g/mol. The van der Waals surface area contributed by atoms with Crippen LogP contribution in [0.3, 0.4) is 0 Å². The number of carbonyl (C=O) groups is 1. The fourth-order valence-corrected chi connectivity index (χ4v) is 5.06. The Kier molecular flexibility index (Phi) is 5.28. The summed E-state index contributed by atoms with van der Waals surface area (Å²) < 4.78 is 1.32. The summed E-state index contributed by atoms with van der Waals surface area (Å²) in [5.41, 5.74) is 3.15. The Morgan fingerprint density at radius 1 is 1.17 bits per heavy atom. The predicted octanol–water partition coefficient (Wildman–Crippen LogP) is 4.29. The average molecular weight is 443 g/mol. The highest BCUT2D eigenvalue weighted by molar-refractivity contribution is 7.17. The Morgan fingerprint density at radius 3 is 2.43 bits per heavy atom. The van der Waals surface area contributed by atoms with Crippen LogP contribution < -0.4 is 10.9 Å². The number of nitrogens with zero attached hydrogens (tertiary/aromatic N) is 3. The Balaban J connectivity index is 1.68. The molecule has 1 aliphatic carbocycles. The average Bonchev–Trinajstić information content (AvgIpc) is 3.05. The largest absolute Gasteiger partial charge is 0.342 e. The van der Waals surface area contributed by atoms with Crippen LogP contribution >= 0.6 is 22.9 Å². The molecule has 0 atom stereocenters. The van der Waals surface area contributed by atoms with Gasteiger partial charge in [0.2, 0.25) is 0 Å². The molecular formula is C22H23ClN4O2S. The molecule has 2 heterocycles. The van der Waals surface area contributed by atoms with Crippen LogP contribution in [0.4, 0.5) is 0 Å². The van der Waals surface area contributed by atoms with E-state index in [1.807, 2.05) is 38.1 Å². The Labute approximate surface area is 183 Å². The molecular weight excluding hydrogens is 420 g/mol. The lowest BCUT2D eigenvalue weighted by molar-refractivity contribution is 0.0827. The Morgan fingerprint density at radius 2 is 1.83 bits per heavy atom. The lowest BCUT2D eigenvalue weighted by Gasteiger charge is -2.43. The van der Waals surface area contributed by atoms with E-state index in [2.05, 4.69) is 15.4 Å². The van der Waals surface area contributed by atoms with Gasteiger partial charge in [-0.25, -0.2) is 9.67 Å². The zero-order valence-corrected chi connectivity index (χ0v) is 18.9. The zero-order valence-electron chi connectivity index (χ0n) is 17.4. The van der Waals surface area contributed by atoms with Crippen LogP contribution in [-0.2, 0) is 12.6 Å². The van der Waals surface area contributed by atoms with E-state index in [4.69, 9.17) is 11.6 Å². The molecule has 0 radical (unpaired) electrons. The van der Waals surface area contributed by atoms with Gasteiger partial charge in [-0.05, 0) is 63.3 Å². The lowest BCUT2D eigenvalue weighted by Crippen LogP contribution is -2.50. The first kappa shape index (κ1) is 20.8. The molecule has 4 rings (SSSR count). The third kappa shape index (κ3) is 3.46. The molecule has 1 N–H and O–H groups in total. The van der Waals surface area contributed by atoms with Gasteiger partial charge in [0.25, 0.3) is 11.5 Å². The first-order chi connectivity index (χ1) is 14.2. The molecule has 1 saturated carbocycles. The van der Waals surface area contributed by atoms with Gasteiger partial charge in [0, 0.05) is 12.1 Å². The highest BCUT2D eigenvalue weighted by Crippen LogP contribution is 2.42.